The van der Waals surface area contributed by atoms with Crippen molar-refractivity contribution in [2.24, 2.45) is 11.5 Å². The van der Waals surface area contributed by atoms with Crippen LogP contribution in [0.15, 0.2) is 18.2 Å². The van der Waals surface area contributed by atoms with Gasteiger partial charge in [0.05, 0.1) is 5.56 Å². The number of hydrogen-bond donors (Lipinski definition) is 2. The molecule has 0 fully saturated rings. The minimum atomic E-state index is -4.34. The first kappa shape index (κ1) is 12.0. The van der Waals surface area contributed by atoms with Crippen LogP contribution >= 0.6 is 0 Å². The summed E-state index contributed by atoms with van der Waals surface area (Å²) in [6.07, 6.45) is -4.34. The number of hydrogen-bond acceptors (Lipinski definition) is 2. The van der Waals surface area contributed by atoms with Crippen LogP contribution in [0.5, 0.6) is 0 Å². The Morgan fingerprint density at radius 1 is 1.33 bits per heavy atom. The molecule has 0 aliphatic rings. The SMILES string of the molecule is Cc1ccc(C(N)CN)cc1C(F)(F)F. The van der Waals surface area contributed by atoms with Crippen LogP contribution in [0.2, 0.25) is 0 Å². The van der Waals surface area contributed by atoms with Crippen LogP contribution in [0.1, 0.15) is 22.7 Å². The largest absolute Gasteiger partial charge is 0.416 e. The van der Waals surface area contributed by atoms with Gasteiger partial charge in [0.1, 0.15) is 0 Å². The van der Waals surface area contributed by atoms with E-state index in [1.807, 2.05) is 0 Å². The van der Waals surface area contributed by atoms with Crippen LogP contribution in [0.4, 0.5) is 13.2 Å². The molecule has 2 nitrogen and oxygen atoms in total. The Balaban J connectivity index is 3.17. The number of nitrogens with two attached hydrogens (primary N) is 2. The van der Waals surface area contributed by atoms with Crippen molar-refractivity contribution < 1.29 is 13.2 Å². The monoisotopic (exact) mass is 218 g/mol. The van der Waals surface area contributed by atoms with Crippen LogP contribution in [-0.4, -0.2) is 6.54 Å². The molecule has 0 saturated carbocycles. The second-order valence-corrected chi connectivity index (χ2v) is 3.41. The predicted molar refractivity (Wildman–Crippen MR) is 52.2 cm³/mol. The van der Waals surface area contributed by atoms with E-state index in [9.17, 15) is 13.2 Å². The van der Waals surface area contributed by atoms with Crippen molar-refractivity contribution in [1.29, 1.82) is 0 Å². The van der Waals surface area contributed by atoms with Crippen molar-refractivity contribution >= 4 is 0 Å². The third-order valence-electron chi connectivity index (χ3n) is 2.25. The lowest BCUT2D eigenvalue weighted by molar-refractivity contribution is -0.138. The molecule has 0 aliphatic heterocycles. The van der Waals surface area contributed by atoms with E-state index in [0.717, 1.165) is 6.07 Å². The maximum atomic E-state index is 12.5. The Morgan fingerprint density at radius 3 is 2.40 bits per heavy atom. The van der Waals surface area contributed by atoms with Gasteiger partial charge in [-0.05, 0) is 24.1 Å². The molecule has 1 rings (SSSR count). The highest BCUT2D eigenvalue weighted by Crippen LogP contribution is 2.33. The molecular formula is C10H13F3N2. The summed E-state index contributed by atoms with van der Waals surface area (Å²) in [5.74, 6) is 0. The first-order valence-corrected chi connectivity index (χ1v) is 4.49. The molecule has 0 saturated heterocycles. The zero-order valence-electron chi connectivity index (χ0n) is 8.31. The number of halogens is 3. The zero-order valence-corrected chi connectivity index (χ0v) is 8.31. The second-order valence-electron chi connectivity index (χ2n) is 3.41. The average Bonchev–Trinajstić information content (AvgIpc) is 2.15. The molecular weight excluding hydrogens is 205 g/mol. The van der Waals surface area contributed by atoms with Crippen molar-refractivity contribution in [2.45, 2.75) is 19.1 Å². The van der Waals surface area contributed by atoms with Crippen LogP contribution in [0.25, 0.3) is 0 Å². The summed E-state index contributed by atoms with van der Waals surface area (Å²) in [5, 5.41) is 0. The summed E-state index contributed by atoms with van der Waals surface area (Å²) in [6.45, 7) is 1.54. The molecule has 0 aliphatic carbocycles. The Hall–Kier alpha value is -1.07. The first-order chi connectivity index (χ1) is 6.86. The van der Waals surface area contributed by atoms with E-state index in [4.69, 9.17) is 11.5 Å². The van der Waals surface area contributed by atoms with Crippen LogP contribution < -0.4 is 11.5 Å². The number of rotatable bonds is 2. The summed E-state index contributed by atoms with van der Waals surface area (Å²) in [4.78, 5) is 0. The van der Waals surface area contributed by atoms with Crippen molar-refractivity contribution in [1.82, 2.24) is 0 Å². The Morgan fingerprint density at radius 2 is 1.93 bits per heavy atom. The Kier molecular flexibility index (Phi) is 3.36. The molecule has 1 unspecified atom stereocenters. The first-order valence-electron chi connectivity index (χ1n) is 4.49. The smallest absolute Gasteiger partial charge is 0.329 e. The topological polar surface area (TPSA) is 52.0 Å². The zero-order chi connectivity index (χ0) is 11.6. The normalized spacial score (nSPS) is 14.0. The van der Waals surface area contributed by atoms with Crippen molar-refractivity contribution in [3.63, 3.8) is 0 Å². The molecule has 0 amide bonds. The molecule has 0 heterocycles. The van der Waals surface area contributed by atoms with Gasteiger partial charge in [-0.15, -0.1) is 0 Å². The lowest BCUT2D eigenvalue weighted by atomic mass is 10.0. The van der Waals surface area contributed by atoms with Gasteiger partial charge in [0.15, 0.2) is 0 Å². The lowest BCUT2D eigenvalue weighted by Crippen LogP contribution is -2.21. The summed E-state index contributed by atoms with van der Waals surface area (Å²) in [5.41, 5.74) is 10.8. The highest BCUT2D eigenvalue weighted by Gasteiger charge is 2.32. The summed E-state index contributed by atoms with van der Waals surface area (Å²) in [6, 6.07) is 3.49. The maximum Gasteiger partial charge on any atom is 0.416 e. The van der Waals surface area contributed by atoms with E-state index in [0.29, 0.717) is 5.56 Å². The molecule has 1 atom stereocenters. The van der Waals surface area contributed by atoms with Crippen LogP contribution in [-0.2, 0) is 6.18 Å². The molecule has 15 heavy (non-hydrogen) atoms. The molecule has 0 aromatic heterocycles. The molecule has 0 spiro atoms. The minimum absolute atomic E-state index is 0.125. The standard InChI is InChI=1S/C10H13F3N2/c1-6-2-3-7(9(15)5-14)4-8(6)10(11,12)13/h2-4,9H,5,14-15H2,1H3. The van der Waals surface area contributed by atoms with Gasteiger partial charge >= 0.3 is 6.18 Å². The molecule has 0 bridgehead atoms. The van der Waals surface area contributed by atoms with E-state index in [1.165, 1.54) is 13.0 Å². The molecule has 5 heteroatoms. The highest BCUT2D eigenvalue weighted by atomic mass is 19.4. The Bertz CT molecular complexity index is 347. The van der Waals surface area contributed by atoms with Gasteiger partial charge in [-0.3, -0.25) is 0 Å². The van der Waals surface area contributed by atoms with Crippen molar-refractivity contribution in [2.75, 3.05) is 6.54 Å². The maximum absolute atomic E-state index is 12.5. The third-order valence-corrected chi connectivity index (χ3v) is 2.25. The molecule has 0 radical (unpaired) electrons. The fourth-order valence-electron chi connectivity index (χ4n) is 1.31. The van der Waals surface area contributed by atoms with E-state index in [1.54, 1.807) is 6.07 Å². The molecule has 1 aromatic carbocycles. The lowest BCUT2D eigenvalue weighted by Gasteiger charge is -2.14. The minimum Gasteiger partial charge on any atom is -0.329 e. The highest BCUT2D eigenvalue weighted by molar-refractivity contribution is 5.34. The quantitative estimate of drug-likeness (QED) is 0.797. The van der Waals surface area contributed by atoms with Gasteiger partial charge < -0.3 is 11.5 Å². The summed E-state index contributed by atoms with van der Waals surface area (Å²) in [7, 11) is 0. The van der Waals surface area contributed by atoms with Crippen molar-refractivity contribution in [3.05, 3.63) is 34.9 Å². The molecule has 84 valence electrons. The van der Waals surface area contributed by atoms with Crippen LogP contribution in [0.3, 0.4) is 0 Å². The van der Waals surface area contributed by atoms with Gasteiger partial charge in [-0.1, -0.05) is 12.1 Å². The van der Waals surface area contributed by atoms with Gasteiger partial charge in [-0.25, -0.2) is 0 Å². The number of aryl methyl sites for hydroxylation is 1. The van der Waals surface area contributed by atoms with Gasteiger partial charge in [0.25, 0.3) is 0 Å². The fourth-order valence-corrected chi connectivity index (χ4v) is 1.31. The number of alkyl halides is 3. The van der Waals surface area contributed by atoms with E-state index in [2.05, 4.69) is 0 Å². The van der Waals surface area contributed by atoms with Crippen molar-refractivity contribution in [3.8, 4) is 0 Å². The van der Waals surface area contributed by atoms with E-state index >= 15 is 0 Å². The fraction of sp³-hybridized carbons (Fsp3) is 0.400. The molecule has 1 aromatic rings. The van der Waals surface area contributed by atoms with E-state index in [-0.39, 0.29) is 12.1 Å². The average molecular weight is 218 g/mol. The van der Waals surface area contributed by atoms with Gasteiger partial charge in [0.2, 0.25) is 0 Å². The van der Waals surface area contributed by atoms with Gasteiger partial charge in [-0.2, -0.15) is 13.2 Å². The predicted octanol–water partition coefficient (Wildman–Crippen LogP) is 1.97. The van der Waals surface area contributed by atoms with E-state index < -0.39 is 17.8 Å². The number of benzene rings is 1. The van der Waals surface area contributed by atoms with Crippen LogP contribution in [0, 0.1) is 6.92 Å². The third kappa shape index (κ3) is 2.70. The summed E-state index contributed by atoms with van der Waals surface area (Å²) >= 11 is 0. The Labute approximate surface area is 86.1 Å². The van der Waals surface area contributed by atoms with Gasteiger partial charge in [0, 0.05) is 12.6 Å². The second kappa shape index (κ2) is 4.20. The molecule has 4 N–H and O–H groups in total. The summed E-state index contributed by atoms with van der Waals surface area (Å²) < 4.78 is 37.6.